The van der Waals surface area contributed by atoms with Gasteiger partial charge < -0.3 is 0 Å². The van der Waals surface area contributed by atoms with E-state index in [9.17, 15) is 14.4 Å². The zero-order valence-corrected chi connectivity index (χ0v) is 39.9. The fraction of sp³-hybridized carbons (Fsp3) is 0.939. The van der Waals surface area contributed by atoms with Gasteiger partial charge in [-0.05, 0) is 118 Å². The van der Waals surface area contributed by atoms with Gasteiger partial charge in [0.05, 0.1) is 0 Å². The van der Waals surface area contributed by atoms with Crippen LogP contribution in [0.3, 0.4) is 0 Å². The molecule has 0 spiro atoms. The summed E-state index contributed by atoms with van der Waals surface area (Å²) < 4.78 is 0. The molecule has 0 amide bonds. The molecule has 0 N–H and O–H groups in total. The molecule has 312 valence electrons. The summed E-state index contributed by atoms with van der Waals surface area (Å²) in [6.45, 7) is 45.5. The van der Waals surface area contributed by atoms with Gasteiger partial charge in [0.2, 0.25) is 0 Å². The second-order valence-corrected chi connectivity index (χ2v) is 20.8. The lowest BCUT2D eigenvalue weighted by Crippen LogP contribution is -2.49. The first-order valence-corrected chi connectivity index (χ1v) is 22.1. The molecule has 0 aliphatic heterocycles. The van der Waals surface area contributed by atoms with Crippen LogP contribution < -0.4 is 0 Å². The van der Waals surface area contributed by atoms with Crippen molar-refractivity contribution in [1.29, 1.82) is 0 Å². The molecule has 4 bridgehead atoms. The highest BCUT2D eigenvalue weighted by Gasteiger charge is 2.52. The van der Waals surface area contributed by atoms with E-state index in [1.165, 1.54) is 32.1 Å². The number of ketones is 3. The van der Waals surface area contributed by atoms with Crippen molar-refractivity contribution in [3.63, 3.8) is 0 Å². The van der Waals surface area contributed by atoms with E-state index in [-0.39, 0.29) is 33.2 Å². The maximum Gasteiger partial charge on any atom is 0.138 e. The molecule has 5 fully saturated rings. The van der Waals surface area contributed by atoms with Gasteiger partial charge in [-0.15, -0.1) is 0 Å². The van der Waals surface area contributed by atoms with Gasteiger partial charge >= 0.3 is 0 Å². The number of rotatable bonds is 7. The molecule has 0 radical (unpaired) electrons. The Kier molecular flexibility index (Phi) is 26.1. The Labute approximate surface area is 329 Å². The first-order valence-electron chi connectivity index (χ1n) is 22.1. The SMILES string of the molecule is CC.CC.CC1(C)C2CC3CC(C2)CC1C3.CC1(C)CCCCC1.CCC(C)(C)C(=O)CC(C)(C)C.CCC(C)(C)C(C)=O.CCC(C)(C)C(C)=O. The Balaban J connectivity index is -0.000000571. The Bertz CT molecular complexity index is 921. The lowest BCUT2D eigenvalue weighted by atomic mass is 9.46. The zero-order chi connectivity index (χ0) is 41.9. The molecule has 0 heterocycles. The highest BCUT2D eigenvalue weighted by molar-refractivity contribution is 5.84. The van der Waals surface area contributed by atoms with E-state index >= 15 is 0 Å². The van der Waals surface area contributed by atoms with Crippen molar-refractivity contribution < 1.29 is 14.4 Å². The summed E-state index contributed by atoms with van der Waals surface area (Å²) in [6.07, 6.45) is 18.7. The zero-order valence-electron chi connectivity index (χ0n) is 39.9. The third kappa shape index (κ3) is 21.2. The average molecular weight is 735 g/mol. The minimum atomic E-state index is -0.132. The van der Waals surface area contributed by atoms with Crippen molar-refractivity contribution in [3.05, 3.63) is 0 Å². The number of hydrogen-bond donors (Lipinski definition) is 0. The van der Waals surface area contributed by atoms with Gasteiger partial charge in [0.1, 0.15) is 17.3 Å². The van der Waals surface area contributed by atoms with Crippen molar-refractivity contribution >= 4 is 17.3 Å². The molecule has 3 heteroatoms. The van der Waals surface area contributed by atoms with Crippen molar-refractivity contribution in [3.8, 4) is 0 Å². The maximum atomic E-state index is 11.7. The largest absolute Gasteiger partial charge is 0.299 e. The van der Waals surface area contributed by atoms with E-state index in [1.807, 2.05) is 83.1 Å². The molecule has 5 saturated carbocycles. The first-order chi connectivity index (χ1) is 23.6. The summed E-state index contributed by atoms with van der Waals surface area (Å²) in [5.74, 6) is 5.40. The van der Waals surface area contributed by atoms with Crippen LogP contribution in [0.15, 0.2) is 0 Å². The second-order valence-electron chi connectivity index (χ2n) is 20.8. The summed E-state index contributed by atoms with van der Waals surface area (Å²) in [4.78, 5) is 33.1. The quantitative estimate of drug-likeness (QED) is 0.262. The molecule has 0 aromatic carbocycles. The van der Waals surface area contributed by atoms with Crippen LogP contribution in [0, 0.1) is 56.2 Å². The van der Waals surface area contributed by atoms with Crippen molar-refractivity contribution in [2.24, 2.45) is 56.2 Å². The molecule has 5 aliphatic carbocycles. The molecule has 52 heavy (non-hydrogen) atoms. The summed E-state index contributed by atoms with van der Waals surface area (Å²) in [5.41, 5.74) is 1.18. The summed E-state index contributed by atoms with van der Waals surface area (Å²) in [6, 6.07) is 0. The van der Waals surface area contributed by atoms with Gasteiger partial charge in [-0.25, -0.2) is 0 Å². The number of carbonyl (C=O) groups is 3. The third-order valence-corrected chi connectivity index (χ3v) is 13.5. The molecule has 0 atom stereocenters. The molecular formula is C49H98O3. The predicted molar refractivity (Wildman–Crippen MR) is 233 cm³/mol. The van der Waals surface area contributed by atoms with E-state index in [4.69, 9.17) is 0 Å². The van der Waals surface area contributed by atoms with Crippen LogP contribution in [-0.4, -0.2) is 17.3 Å². The van der Waals surface area contributed by atoms with E-state index in [1.54, 1.807) is 46.0 Å². The topological polar surface area (TPSA) is 51.2 Å². The van der Waals surface area contributed by atoms with Crippen LogP contribution >= 0.6 is 0 Å². The second kappa shape index (κ2) is 24.5. The lowest BCUT2D eigenvalue weighted by Gasteiger charge is -2.59. The van der Waals surface area contributed by atoms with Crippen molar-refractivity contribution in [2.75, 3.05) is 0 Å². The molecule has 5 aliphatic rings. The van der Waals surface area contributed by atoms with Gasteiger partial charge in [0.25, 0.3) is 0 Å². The molecule has 0 saturated heterocycles. The van der Waals surface area contributed by atoms with Crippen molar-refractivity contribution in [2.45, 2.75) is 242 Å². The van der Waals surface area contributed by atoms with E-state index < -0.39 is 0 Å². The highest BCUT2D eigenvalue weighted by Crippen LogP contribution is 2.61. The van der Waals surface area contributed by atoms with Gasteiger partial charge in [0.15, 0.2) is 0 Å². The van der Waals surface area contributed by atoms with Gasteiger partial charge in [-0.1, -0.05) is 158 Å². The molecule has 0 aromatic rings. The standard InChI is InChI=1S/C12H20.C11H22O.C8H16.2C7H14O.2C2H6/c1-12(2)10-4-8-3-9(6-10)7-11(12)5-8;1-7-11(5,6)9(12)8-10(2,3)4;1-8(2)6-4-3-5-7-8;2*1-5-7(3,4)6(2)8;2*1-2/h8-11H,3-7H2,1-2H3;7-8H2,1-6H3;3-7H2,1-2H3;2*5H2,1-4H3;2*1-2H3. The van der Waals surface area contributed by atoms with E-state index in [0.29, 0.717) is 23.0 Å². The molecule has 0 unspecified atom stereocenters. The Morgan fingerprint density at radius 1 is 0.519 bits per heavy atom. The summed E-state index contributed by atoms with van der Waals surface area (Å²) in [5, 5.41) is 0. The minimum absolute atomic E-state index is 0.0972. The predicted octanol–water partition coefficient (Wildman–Crippen LogP) is 15.9. The lowest BCUT2D eigenvalue weighted by molar-refractivity contribution is -0.129. The van der Waals surface area contributed by atoms with Crippen LogP contribution in [0.2, 0.25) is 0 Å². The van der Waals surface area contributed by atoms with Crippen molar-refractivity contribution in [1.82, 2.24) is 0 Å². The molecule has 5 rings (SSSR count). The van der Waals surface area contributed by atoms with Gasteiger partial charge in [-0.3, -0.25) is 14.4 Å². The van der Waals surface area contributed by atoms with Crippen LogP contribution in [0.1, 0.15) is 242 Å². The van der Waals surface area contributed by atoms with E-state index in [0.717, 1.165) is 42.9 Å². The fourth-order valence-corrected chi connectivity index (χ4v) is 7.32. The van der Waals surface area contributed by atoms with E-state index in [2.05, 4.69) is 55.4 Å². The normalized spacial score (nSPS) is 23.7. The molecule has 0 aromatic heterocycles. The minimum Gasteiger partial charge on any atom is -0.299 e. The first kappa shape index (κ1) is 55.3. The number of hydrogen-bond acceptors (Lipinski definition) is 3. The number of carbonyl (C=O) groups excluding carboxylic acids is 3. The Morgan fingerprint density at radius 2 is 0.827 bits per heavy atom. The summed E-state index contributed by atoms with van der Waals surface area (Å²) in [7, 11) is 0. The van der Waals surface area contributed by atoms with Gasteiger partial charge in [-0.2, -0.15) is 0 Å². The smallest absolute Gasteiger partial charge is 0.138 e. The molecular weight excluding hydrogens is 637 g/mol. The van der Waals surface area contributed by atoms with Gasteiger partial charge in [0, 0.05) is 22.7 Å². The highest BCUT2D eigenvalue weighted by atomic mass is 16.1. The Hall–Kier alpha value is -0.990. The Morgan fingerprint density at radius 3 is 1.02 bits per heavy atom. The van der Waals surface area contributed by atoms with Crippen LogP contribution in [0.25, 0.3) is 0 Å². The molecule has 3 nitrogen and oxygen atoms in total. The van der Waals surface area contributed by atoms with Crippen LogP contribution in [-0.2, 0) is 14.4 Å². The fourth-order valence-electron chi connectivity index (χ4n) is 7.32. The monoisotopic (exact) mass is 735 g/mol. The maximum absolute atomic E-state index is 11.7. The number of Topliss-reactive ketones (excluding diaryl/α,β-unsaturated/α-hetero) is 3. The third-order valence-electron chi connectivity index (χ3n) is 13.5. The summed E-state index contributed by atoms with van der Waals surface area (Å²) >= 11 is 0. The van der Waals surface area contributed by atoms with Crippen LogP contribution in [0.4, 0.5) is 0 Å². The average Bonchev–Trinajstić information content (AvgIpc) is 3.05. The van der Waals surface area contributed by atoms with Crippen LogP contribution in [0.5, 0.6) is 0 Å².